The maximum Gasteiger partial charge on any atom is 0.222 e. The van der Waals surface area contributed by atoms with Crippen LogP contribution in [0.5, 0.6) is 5.75 Å². The van der Waals surface area contributed by atoms with Crippen LogP contribution in [0.4, 0.5) is 0 Å². The smallest absolute Gasteiger partial charge is 0.222 e. The van der Waals surface area contributed by atoms with Crippen LogP contribution in [0.3, 0.4) is 0 Å². The Labute approximate surface area is 208 Å². The van der Waals surface area contributed by atoms with E-state index in [4.69, 9.17) is 15.2 Å². The van der Waals surface area contributed by atoms with Crippen LogP contribution in [0.25, 0.3) is 11.1 Å². The van der Waals surface area contributed by atoms with Crippen molar-refractivity contribution in [1.29, 1.82) is 0 Å². The van der Waals surface area contributed by atoms with Crippen LogP contribution in [0, 0.1) is 0 Å². The molecule has 1 amide bonds. The van der Waals surface area contributed by atoms with Gasteiger partial charge in [0.2, 0.25) is 5.91 Å². The van der Waals surface area contributed by atoms with Gasteiger partial charge in [-0.3, -0.25) is 4.79 Å². The number of hydrogen-bond donors (Lipinski definition) is 1. The van der Waals surface area contributed by atoms with E-state index in [9.17, 15) is 4.79 Å². The summed E-state index contributed by atoms with van der Waals surface area (Å²) in [4.78, 5) is 14.4. The van der Waals surface area contributed by atoms with E-state index in [2.05, 4.69) is 62.4 Å². The van der Waals surface area contributed by atoms with E-state index in [1.807, 2.05) is 4.90 Å². The second-order valence-electron chi connectivity index (χ2n) is 10.4. The number of hydrogen-bond acceptors (Lipinski definition) is 4. The predicted molar refractivity (Wildman–Crippen MR) is 139 cm³/mol. The molecule has 35 heavy (non-hydrogen) atoms. The number of fused-ring (bicyclic) bond motifs is 1. The molecule has 0 saturated carbocycles. The van der Waals surface area contributed by atoms with Crippen LogP contribution < -0.4 is 10.5 Å². The van der Waals surface area contributed by atoms with E-state index in [-0.39, 0.29) is 11.3 Å². The minimum absolute atomic E-state index is 0.0165. The average molecular weight is 473 g/mol. The van der Waals surface area contributed by atoms with E-state index in [1.165, 1.54) is 16.7 Å². The lowest BCUT2D eigenvalue weighted by molar-refractivity contribution is -0.135. The molecule has 2 aromatic carbocycles. The van der Waals surface area contributed by atoms with Gasteiger partial charge in [-0.15, -0.1) is 0 Å². The highest BCUT2D eigenvalue weighted by Gasteiger charge is 2.38. The van der Waals surface area contributed by atoms with Gasteiger partial charge in [0.15, 0.2) is 0 Å². The molecule has 3 aliphatic rings. The maximum absolute atomic E-state index is 12.5. The first-order valence-corrected chi connectivity index (χ1v) is 12.9. The van der Waals surface area contributed by atoms with Crippen LogP contribution in [0.15, 0.2) is 65.4 Å². The van der Waals surface area contributed by atoms with Crippen LogP contribution >= 0.6 is 0 Å². The largest absolute Gasteiger partial charge is 0.456 e. The number of unbranched alkanes of at least 4 members (excludes halogenated alkanes) is 1. The number of morpholine rings is 1. The molecule has 5 nitrogen and oxygen atoms in total. The lowest BCUT2D eigenvalue weighted by Gasteiger charge is -2.28. The van der Waals surface area contributed by atoms with E-state index < -0.39 is 0 Å². The molecule has 2 aromatic rings. The summed E-state index contributed by atoms with van der Waals surface area (Å²) in [5.41, 5.74) is 13.1. The highest BCUT2D eigenvalue weighted by molar-refractivity contribution is 5.76. The number of rotatable bonds is 10. The monoisotopic (exact) mass is 472 g/mol. The number of nitrogens with two attached hydrogens (primary N) is 1. The summed E-state index contributed by atoms with van der Waals surface area (Å²) in [5, 5.41) is 0. The zero-order valence-corrected chi connectivity index (χ0v) is 20.9. The fourth-order valence-corrected chi connectivity index (χ4v) is 5.03. The van der Waals surface area contributed by atoms with Gasteiger partial charge in [-0.1, -0.05) is 56.7 Å². The van der Waals surface area contributed by atoms with Crippen LogP contribution in [-0.4, -0.2) is 37.1 Å². The number of amides is 1. The molecule has 0 spiro atoms. The number of carbonyl (C=O) groups excluding carboxylic acids is 1. The van der Waals surface area contributed by atoms with Gasteiger partial charge in [0.05, 0.1) is 13.2 Å². The van der Waals surface area contributed by atoms with Crippen molar-refractivity contribution in [2.45, 2.75) is 57.9 Å². The number of ether oxygens (including phenoxy) is 2. The standard InChI is InChI=1S/C30H36N2O3/c1-30(2,13-4-3-8-28(33)32-14-16-34-17-15-32)23-9-10-24(22-7-5-6-21(18-22)20-31)27(19-23)35-29-25-11-12-26(25)29/h5-7,9-11,18-19H,3-4,8,12-17,20,31H2,1-2H3. The van der Waals surface area contributed by atoms with Gasteiger partial charge in [0, 0.05) is 42.8 Å². The SMILES string of the molecule is CC(C)(CCCCC(=O)N1CCOCC1)c1ccc(-c2cccc(CN)c2)c(OC2=C3CC=C32)c1. The van der Waals surface area contributed by atoms with Crippen molar-refractivity contribution in [3.63, 3.8) is 0 Å². The third-order valence-electron chi connectivity index (χ3n) is 7.55. The summed E-state index contributed by atoms with van der Waals surface area (Å²) in [5.74, 6) is 2.22. The first-order chi connectivity index (χ1) is 17.0. The molecular weight excluding hydrogens is 436 g/mol. The van der Waals surface area contributed by atoms with E-state index in [0.29, 0.717) is 26.2 Å². The summed E-state index contributed by atoms with van der Waals surface area (Å²) in [6, 6.07) is 15.0. The summed E-state index contributed by atoms with van der Waals surface area (Å²) in [6.45, 7) is 7.86. The van der Waals surface area contributed by atoms with E-state index in [1.54, 1.807) is 0 Å². The molecule has 0 atom stereocenters. The molecule has 0 bridgehead atoms. The topological polar surface area (TPSA) is 64.8 Å². The molecule has 184 valence electrons. The quantitative estimate of drug-likeness (QED) is 0.465. The fourth-order valence-electron chi connectivity index (χ4n) is 5.03. The van der Waals surface area contributed by atoms with E-state index >= 15 is 0 Å². The summed E-state index contributed by atoms with van der Waals surface area (Å²) >= 11 is 0. The van der Waals surface area contributed by atoms with Gasteiger partial charge in [-0.05, 0) is 53.5 Å². The molecule has 1 heterocycles. The second kappa shape index (κ2) is 10.00. The number of allylic oxidation sites excluding steroid dienone is 3. The third-order valence-corrected chi connectivity index (χ3v) is 7.55. The van der Waals surface area contributed by atoms with Crippen molar-refractivity contribution in [3.8, 4) is 16.9 Å². The molecular formula is C30H36N2O3. The maximum atomic E-state index is 12.5. The van der Waals surface area contributed by atoms with Gasteiger partial charge >= 0.3 is 0 Å². The zero-order valence-electron chi connectivity index (χ0n) is 20.9. The van der Waals surface area contributed by atoms with Crippen molar-refractivity contribution in [2.24, 2.45) is 5.73 Å². The first-order valence-electron chi connectivity index (χ1n) is 12.9. The van der Waals surface area contributed by atoms with Crippen LogP contribution in [0.1, 0.15) is 57.1 Å². The Kier molecular flexibility index (Phi) is 6.81. The van der Waals surface area contributed by atoms with Crippen molar-refractivity contribution in [2.75, 3.05) is 26.3 Å². The number of carbonyl (C=O) groups is 1. The Balaban J connectivity index is 1.28. The lowest BCUT2D eigenvalue weighted by atomic mass is 9.79. The van der Waals surface area contributed by atoms with Crippen molar-refractivity contribution in [1.82, 2.24) is 4.90 Å². The van der Waals surface area contributed by atoms with E-state index in [0.717, 1.165) is 67.0 Å². The van der Waals surface area contributed by atoms with Gasteiger partial charge in [0.1, 0.15) is 11.5 Å². The highest BCUT2D eigenvalue weighted by Crippen LogP contribution is 2.51. The zero-order chi connectivity index (χ0) is 24.4. The lowest BCUT2D eigenvalue weighted by Crippen LogP contribution is -2.40. The molecule has 0 aromatic heterocycles. The average Bonchev–Trinajstić information content (AvgIpc) is 3.38. The summed E-state index contributed by atoms with van der Waals surface area (Å²) < 4.78 is 11.8. The Morgan fingerprint density at radius 1 is 1.11 bits per heavy atom. The minimum atomic E-state index is -0.0165. The molecule has 1 fully saturated rings. The van der Waals surface area contributed by atoms with Gasteiger partial charge in [-0.25, -0.2) is 0 Å². The van der Waals surface area contributed by atoms with Crippen molar-refractivity contribution >= 4 is 5.91 Å². The normalized spacial score (nSPS) is 17.0. The molecule has 5 heteroatoms. The van der Waals surface area contributed by atoms with Gasteiger partial charge in [-0.2, -0.15) is 0 Å². The first kappa shape index (κ1) is 23.8. The third kappa shape index (κ3) is 5.21. The number of benzene rings is 2. The van der Waals surface area contributed by atoms with Crippen molar-refractivity contribution in [3.05, 3.63) is 76.6 Å². The molecule has 1 aliphatic heterocycles. The fraction of sp³-hybridized carbons (Fsp3) is 0.433. The van der Waals surface area contributed by atoms with Crippen LogP contribution in [0.2, 0.25) is 0 Å². The van der Waals surface area contributed by atoms with Crippen molar-refractivity contribution < 1.29 is 14.3 Å². The van der Waals surface area contributed by atoms with Gasteiger partial charge < -0.3 is 20.1 Å². The Morgan fingerprint density at radius 3 is 2.63 bits per heavy atom. The second-order valence-corrected chi connectivity index (χ2v) is 10.4. The highest BCUT2D eigenvalue weighted by atomic mass is 16.5. The Hall–Kier alpha value is -2.89. The molecule has 5 rings (SSSR count). The predicted octanol–water partition coefficient (Wildman–Crippen LogP) is 5.49. The molecule has 2 N–H and O–H groups in total. The molecule has 0 unspecified atom stereocenters. The van der Waals surface area contributed by atoms with Gasteiger partial charge in [0.25, 0.3) is 0 Å². The molecule has 1 saturated heterocycles. The summed E-state index contributed by atoms with van der Waals surface area (Å²) in [7, 11) is 0. The minimum Gasteiger partial charge on any atom is -0.456 e. The molecule has 0 radical (unpaired) electrons. The number of nitrogens with zero attached hydrogens (tertiary/aromatic N) is 1. The Morgan fingerprint density at radius 2 is 1.91 bits per heavy atom. The van der Waals surface area contributed by atoms with Crippen LogP contribution in [-0.2, 0) is 21.5 Å². The summed E-state index contributed by atoms with van der Waals surface area (Å²) in [6.07, 6.45) is 6.82. The molecule has 2 aliphatic carbocycles. The Bertz CT molecular complexity index is 1170.